The first-order valence-electron chi connectivity index (χ1n) is 5.60. The van der Waals surface area contributed by atoms with Crippen LogP contribution in [0.5, 0.6) is 0 Å². The van der Waals surface area contributed by atoms with E-state index in [4.69, 9.17) is 39.8 Å². The smallest absolute Gasteiger partial charge is 0.171 e. The van der Waals surface area contributed by atoms with Gasteiger partial charge < -0.3 is 15.1 Å². The van der Waals surface area contributed by atoms with Crippen LogP contribution in [0.2, 0.25) is 10.0 Å². The van der Waals surface area contributed by atoms with Gasteiger partial charge in [-0.1, -0.05) is 23.2 Å². The monoisotopic (exact) mass is 314 g/mol. The van der Waals surface area contributed by atoms with E-state index in [0.717, 1.165) is 17.2 Å². The molecule has 0 aliphatic rings. The second-order valence-electron chi connectivity index (χ2n) is 3.95. The summed E-state index contributed by atoms with van der Waals surface area (Å²) in [5.41, 5.74) is 0.780. The molecule has 0 unspecified atom stereocenters. The van der Waals surface area contributed by atoms with Gasteiger partial charge in [0.05, 0.1) is 16.6 Å². The highest BCUT2D eigenvalue weighted by Gasteiger charge is 2.03. The number of hydrogen-bond acceptors (Lipinski definition) is 2. The van der Waals surface area contributed by atoms with Crippen molar-refractivity contribution < 1.29 is 4.42 Å². The topological polar surface area (TPSA) is 37.2 Å². The maximum Gasteiger partial charge on any atom is 0.171 e. The number of anilines is 1. The lowest BCUT2D eigenvalue weighted by Gasteiger charge is -2.10. The van der Waals surface area contributed by atoms with Gasteiger partial charge in [-0.15, -0.1) is 0 Å². The zero-order valence-electron chi connectivity index (χ0n) is 10.2. The molecule has 0 bridgehead atoms. The number of nitrogens with one attached hydrogen (secondary N) is 2. The Kier molecular flexibility index (Phi) is 4.69. The minimum absolute atomic E-state index is 0.483. The Morgan fingerprint density at radius 2 is 2.00 bits per heavy atom. The van der Waals surface area contributed by atoms with E-state index in [0.29, 0.717) is 21.7 Å². The van der Waals surface area contributed by atoms with Gasteiger partial charge in [-0.2, -0.15) is 0 Å². The van der Waals surface area contributed by atoms with Gasteiger partial charge in [-0.05, 0) is 49.5 Å². The molecule has 3 nitrogen and oxygen atoms in total. The first-order chi connectivity index (χ1) is 9.04. The van der Waals surface area contributed by atoms with E-state index >= 15 is 0 Å². The van der Waals surface area contributed by atoms with E-state index in [1.807, 2.05) is 19.1 Å². The van der Waals surface area contributed by atoms with Crippen LogP contribution in [0.3, 0.4) is 0 Å². The molecular formula is C13H12Cl2N2OS. The first-order valence-corrected chi connectivity index (χ1v) is 6.76. The van der Waals surface area contributed by atoms with Crippen molar-refractivity contribution in [2.24, 2.45) is 0 Å². The van der Waals surface area contributed by atoms with Gasteiger partial charge in [0, 0.05) is 5.69 Å². The van der Waals surface area contributed by atoms with Crippen LogP contribution >= 0.6 is 35.4 Å². The highest BCUT2D eigenvalue weighted by atomic mass is 35.5. The Bertz CT molecular complexity index is 598. The van der Waals surface area contributed by atoms with Crippen LogP contribution in [0.15, 0.2) is 34.7 Å². The van der Waals surface area contributed by atoms with Crippen LogP contribution in [0.25, 0.3) is 0 Å². The summed E-state index contributed by atoms with van der Waals surface area (Å²) in [4.78, 5) is 0. The molecule has 0 fully saturated rings. The zero-order valence-corrected chi connectivity index (χ0v) is 12.5. The molecule has 0 amide bonds. The molecule has 0 aliphatic carbocycles. The maximum absolute atomic E-state index is 5.92. The van der Waals surface area contributed by atoms with Crippen molar-refractivity contribution in [3.63, 3.8) is 0 Å². The normalized spacial score (nSPS) is 10.3. The van der Waals surface area contributed by atoms with Gasteiger partial charge in [-0.3, -0.25) is 0 Å². The molecule has 1 heterocycles. The van der Waals surface area contributed by atoms with Gasteiger partial charge >= 0.3 is 0 Å². The molecule has 1 aromatic heterocycles. The van der Waals surface area contributed by atoms with Gasteiger partial charge in [0.2, 0.25) is 0 Å². The summed E-state index contributed by atoms with van der Waals surface area (Å²) in [7, 11) is 0. The second kappa shape index (κ2) is 6.28. The van der Waals surface area contributed by atoms with Crippen LogP contribution < -0.4 is 10.6 Å². The average Bonchev–Trinajstić information content (AvgIpc) is 2.77. The van der Waals surface area contributed by atoms with E-state index in [1.54, 1.807) is 18.2 Å². The molecule has 19 heavy (non-hydrogen) atoms. The lowest BCUT2D eigenvalue weighted by molar-refractivity contribution is 0.478. The maximum atomic E-state index is 5.92. The van der Waals surface area contributed by atoms with Crippen molar-refractivity contribution in [1.29, 1.82) is 0 Å². The lowest BCUT2D eigenvalue weighted by Crippen LogP contribution is -2.27. The quantitative estimate of drug-likeness (QED) is 0.824. The second-order valence-corrected chi connectivity index (χ2v) is 5.17. The summed E-state index contributed by atoms with van der Waals surface area (Å²) in [5, 5.41) is 7.55. The van der Waals surface area contributed by atoms with E-state index in [2.05, 4.69) is 10.6 Å². The Morgan fingerprint density at radius 3 is 2.63 bits per heavy atom. The summed E-state index contributed by atoms with van der Waals surface area (Å²) in [6.45, 7) is 2.43. The number of benzene rings is 1. The molecule has 0 spiro atoms. The number of furan rings is 1. The average molecular weight is 315 g/mol. The van der Waals surface area contributed by atoms with Gasteiger partial charge in [0.15, 0.2) is 5.11 Å². The van der Waals surface area contributed by atoms with Crippen LogP contribution in [-0.4, -0.2) is 5.11 Å². The lowest BCUT2D eigenvalue weighted by atomic mass is 10.3. The van der Waals surface area contributed by atoms with Crippen molar-refractivity contribution in [2.45, 2.75) is 13.5 Å². The third kappa shape index (κ3) is 4.13. The van der Waals surface area contributed by atoms with Gasteiger partial charge in [-0.25, -0.2) is 0 Å². The highest BCUT2D eigenvalue weighted by molar-refractivity contribution is 7.80. The summed E-state index contributed by atoms with van der Waals surface area (Å²) in [5.74, 6) is 1.70. The minimum Gasteiger partial charge on any atom is -0.465 e. The van der Waals surface area contributed by atoms with Crippen LogP contribution in [0.4, 0.5) is 5.69 Å². The van der Waals surface area contributed by atoms with Crippen LogP contribution in [-0.2, 0) is 6.54 Å². The Labute approximate surface area is 126 Å². The highest BCUT2D eigenvalue weighted by Crippen LogP contribution is 2.24. The summed E-state index contributed by atoms with van der Waals surface area (Å²) >= 11 is 16.9. The standard InChI is InChI=1S/C13H12Cl2N2OS/c1-8-2-4-10(18-8)7-16-13(19)17-9-3-5-11(14)12(15)6-9/h2-6H,7H2,1H3,(H2,16,17,19). The SMILES string of the molecule is Cc1ccc(CNC(=S)Nc2ccc(Cl)c(Cl)c2)o1. The number of thiocarbonyl (C=S) groups is 1. The van der Waals surface area contributed by atoms with Crippen molar-refractivity contribution >= 4 is 46.2 Å². The van der Waals surface area contributed by atoms with E-state index in [-0.39, 0.29) is 0 Å². The minimum atomic E-state index is 0.483. The van der Waals surface area contributed by atoms with Gasteiger partial charge in [0.1, 0.15) is 11.5 Å². The molecule has 0 aliphatic heterocycles. The fourth-order valence-electron chi connectivity index (χ4n) is 1.50. The Hall–Kier alpha value is -1.23. The van der Waals surface area contributed by atoms with Gasteiger partial charge in [0.25, 0.3) is 0 Å². The molecule has 2 N–H and O–H groups in total. The molecule has 6 heteroatoms. The van der Waals surface area contributed by atoms with Crippen molar-refractivity contribution in [2.75, 3.05) is 5.32 Å². The molecule has 0 saturated carbocycles. The number of rotatable bonds is 3. The molecule has 0 radical (unpaired) electrons. The number of hydrogen-bond donors (Lipinski definition) is 2. The summed E-state index contributed by atoms with van der Waals surface area (Å²) in [6, 6.07) is 9.05. The zero-order chi connectivity index (χ0) is 13.8. The van der Waals surface area contributed by atoms with E-state index in [9.17, 15) is 0 Å². The fraction of sp³-hybridized carbons (Fsp3) is 0.154. The summed E-state index contributed by atoms with van der Waals surface area (Å²) in [6.07, 6.45) is 0. The predicted octanol–water partition coefficient (Wildman–Crippen LogP) is 4.38. The van der Waals surface area contributed by atoms with Crippen LogP contribution in [0, 0.1) is 6.92 Å². The van der Waals surface area contributed by atoms with E-state index in [1.165, 1.54) is 0 Å². The molecule has 2 rings (SSSR count). The summed E-state index contributed by atoms with van der Waals surface area (Å²) < 4.78 is 5.43. The van der Waals surface area contributed by atoms with Crippen molar-refractivity contribution in [3.8, 4) is 0 Å². The molecule has 0 atom stereocenters. The molecule has 2 aromatic rings. The molecule has 0 saturated heterocycles. The Balaban J connectivity index is 1.88. The van der Waals surface area contributed by atoms with Crippen molar-refractivity contribution in [1.82, 2.24) is 5.32 Å². The van der Waals surface area contributed by atoms with Crippen LogP contribution in [0.1, 0.15) is 11.5 Å². The third-order valence-electron chi connectivity index (χ3n) is 2.40. The fourth-order valence-corrected chi connectivity index (χ4v) is 1.98. The number of halogens is 2. The Morgan fingerprint density at radius 1 is 1.21 bits per heavy atom. The molecule has 100 valence electrons. The molecular weight excluding hydrogens is 303 g/mol. The predicted molar refractivity (Wildman–Crippen MR) is 83.0 cm³/mol. The largest absolute Gasteiger partial charge is 0.465 e. The third-order valence-corrected chi connectivity index (χ3v) is 3.38. The van der Waals surface area contributed by atoms with Crippen molar-refractivity contribution in [3.05, 3.63) is 51.9 Å². The first kappa shape index (κ1) is 14.2. The van der Waals surface area contributed by atoms with E-state index < -0.39 is 0 Å². The molecule has 1 aromatic carbocycles. The number of aryl methyl sites for hydroxylation is 1.